The topological polar surface area (TPSA) is 104 Å². The zero-order chi connectivity index (χ0) is 24.9. The number of ether oxygens (including phenoxy) is 1. The molecule has 10 nitrogen and oxygen atoms in total. The molecule has 3 heterocycles. The zero-order valence-corrected chi connectivity index (χ0v) is 19.1. The summed E-state index contributed by atoms with van der Waals surface area (Å²) >= 11 is 0. The Morgan fingerprint density at radius 3 is 2.54 bits per heavy atom. The van der Waals surface area contributed by atoms with Gasteiger partial charge >= 0.3 is 12.1 Å². The van der Waals surface area contributed by atoms with Gasteiger partial charge in [0.05, 0.1) is 25.4 Å². The van der Waals surface area contributed by atoms with Crippen LogP contribution in [0.5, 0.6) is 0 Å². The summed E-state index contributed by atoms with van der Waals surface area (Å²) in [5.41, 5.74) is 0.296. The molecule has 0 aliphatic carbocycles. The van der Waals surface area contributed by atoms with Crippen LogP contribution >= 0.6 is 0 Å². The fraction of sp³-hybridized carbons (Fsp3) is 0.391. The van der Waals surface area contributed by atoms with Gasteiger partial charge in [0, 0.05) is 49.7 Å². The second kappa shape index (κ2) is 10.6. The van der Waals surface area contributed by atoms with Crippen molar-refractivity contribution in [3.05, 3.63) is 48.3 Å². The van der Waals surface area contributed by atoms with Crippen LogP contribution in [0.1, 0.15) is 19.8 Å². The van der Waals surface area contributed by atoms with Crippen molar-refractivity contribution in [2.75, 3.05) is 47.9 Å². The first-order valence-corrected chi connectivity index (χ1v) is 11.1. The van der Waals surface area contributed by atoms with Crippen molar-refractivity contribution in [3.8, 4) is 0 Å². The summed E-state index contributed by atoms with van der Waals surface area (Å²) in [6.07, 6.45) is 2.42. The van der Waals surface area contributed by atoms with Crippen LogP contribution in [0.15, 0.2) is 36.7 Å². The third-order valence-electron chi connectivity index (χ3n) is 5.66. The van der Waals surface area contributed by atoms with E-state index >= 15 is 8.78 Å². The fourth-order valence-corrected chi connectivity index (χ4v) is 3.91. The van der Waals surface area contributed by atoms with Crippen LogP contribution < -0.4 is 15.1 Å². The van der Waals surface area contributed by atoms with Crippen molar-refractivity contribution in [1.82, 2.24) is 10.0 Å². The average Bonchev–Trinajstić information content (AvgIpc) is 3.02. The van der Waals surface area contributed by atoms with E-state index in [1.54, 1.807) is 12.1 Å². The molecule has 186 valence electrons. The standard InChI is InChI=1S/C23H25F2N5O5/c1-15(31)2-3-18-14-29(23(33)35-18)17-12-19(24)21(20(25)13-17)28-8-9-30(34-11-10-28)22(32)27-16-4-6-26-7-5-16/h4-7,12-13,18H,2-3,8-11,14H2,1H3,(H,26,27,32)/t18-/m0/s1. The fourth-order valence-electron chi connectivity index (χ4n) is 3.91. The van der Waals surface area contributed by atoms with Gasteiger partial charge < -0.3 is 19.7 Å². The van der Waals surface area contributed by atoms with E-state index in [0.717, 1.165) is 22.1 Å². The molecule has 1 aromatic carbocycles. The van der Waals surface area contributed by atoms with Crippen molar-refractivity contribution >= 4 is 35.0 Å². The lowest BCUT2D eigenvalue weighted by molar-refractivity contribution is -0.117. The Labute approximate surface area is 200 Å². The van der Waals surface area contributed by atoms with E-state index in [1.807, 2.05) is 0 Å². The van der Waals surface area contributed by atoms with Crippen LogP contribution in [0.2, 0.25) is 0 Å². The molecule has 0 saturated carbocycles. The number of ketones is 1. The molecule has 0 bridgehead atoms. The minimum absolute atomic E-state index is 0.0284. The summed E-state index contributed by atoms with van der Waals surface area (Å²) in [4.78, 5) is 47.8. The molecule has 0 radical (unpaired) electrons. The van der Waals surface area contributed by atoms with Gasteiger partial charge in [-0.1, -0.05) is 0 Å². The lowest BCUT2D eigenvalue weighted by Gasteiger charge is -2.24. The van der Waals surface area contributed by atoms with Crippen molar-refractivity contribution < 1.29 is 32.7 Å². The van der Waals surface area contributed by atoms with E-state index in [-0.39, 0.29) is 56.4 Å². The monoisotopic (exact) mass is 489 g/mol. The summed E-state index contributed by atoms with van der Waals surface area (Å²) in [7, 11) is 0. The quantitative estimate of drug-likeness (QED) is 0.664. The van der Waals surface area contributed by atoms with Crippen molar-refractivity contribution in [1.29, 1.82) is 0 Å². The molecule has 12 heteroatoms. The number of rotatable bonds is 6. The Balaban J connectivity index is 1.42. The molecule has 3 amide bonds. The lowest BCUT2D eigenvalue weighted by Crippen LogP contribution is -2.37. The van der Waals surface area contributed by atoms with Crippen LogP contribution in [-0.2, 0) is 14.4 Å². The van der Waals surface area contributed by atoms with E-state index in [0.29, 0.717) is 12.1 Å². The zero-order valence-electron chi connectivity index (χ0n) is 19.1. The van der Waals surface area contributed by atoms with E-state index in [4.69, 9.17) is 9.57 Å². The van der Waals surface area contributed by atoms with Gasteiger partial charge in [-0.05, 0) is 25.5 Å². The Kier molecular flexibility index (Phi) is 7.39. The number of pyridine rings is 1. The number of nitrogens with one attached hydrogen (secondary N) is 1. The Morgan fingerprint density at radius 1 is 1.14 bits per heavy atom. The van der Waals surface area contributed by atoms with Crippen LogP contribution in [-0.4, -0.2) is 66.8 Å². The highest BCUT2D eigenvalue weighted by Gasteiger charge is 2.34. The summed E-state index contributed by atoms with van der Waals surface area (Å²) in [6, 6.07) is 4.88. The third kappa shape index (κ3) is 5.83. The highest BCUT2D eigenvalue weighted by Crippen LogP contribution is 2.32. The Hall–Kier alpha value is -3.80. The molecule has 1 atom stereocenters. The molecule has 2 fully saturated rings. The molecule has 2 saturated heterocycles. The summed E-state index contributed by atoms with van der Waals surface area (Å²) in [6.45, 7) is 1.90. The van der Waals surface area contributed by atoms with E-state index in [1.165, 1.54) is 24.2 Å². The molecule has 0 spiro atoms. The Bertz CT molecular complexity index is 1080. The number of hydrogen-bond donors (Lipinski definition) is 1. The maximum absolute atomic E-state index is 15.1. The minimum Gasteiger partial charge on any atom is -0.444 e. The molecule has 1 N–H and O–H groups in total. The van der Waals surface area contributed by atoms with Crippen molar-refractivity contribution in [2.45, 2.75) is 25.9 Å². The lowest BCUT2D eigenvalue weighted by atomic mass is 10.1. The number of aromatic nitrogens is 1. The number of benzene rings is 1. The van der Waals surface area contributed by atoms with Gasteiger partial charge in [0.15, 0.2) is 11.6 Å². The number of hydroxylamine groups is 2. The van der Waals surface area contributed by atoms with E-state index < -0.39 is 29.9 Å². The summed E-state index contributed by atoms with van der Waals surface area (Å²) < 4.78 is 35.3. The molecule has 2 aromatic rings. The van der Waals surface area contributed by atoms with Gasteiger partial charge in [-0.2, -0.15) is 0 Å². The third-order valence-corrected chi connectivity index (χ3v) is 5.66. The molecule has 2 aliphatic rings. The molecular formula is C23H25F2N5O5. The molecule has 0 unspecified atom stereocenters. The molecule has 4 rings (SSSR count). The number of carbonyl (C=O) groups excluding carboxylic acids is 3. The van der Waals surface area contributed by atoms with Crippen LogP contribution in [0.4, 0.5) is 35.4 Å². The van der Waals surface area contributed by atoms with Gasteiger partial charge in [0.1, 0.15) is 17.6 Å². The number of Topliss-reactive ketones (excluding diaryl/α,β-unsaturated/α-hetero) is 1. The maximum Gasteiger partial charge on any atom is 0.414 e. The van der Waals surface area contributed by atoms with E-state index in [2.05, 4.69) is 10.3 Å². The first-order valence-electron chi connectivity index (χ1n) is 11.1. The van der Waals surface area contributed by atoms with Gasteiger partial charge in [-0.25, -0.2) is 23.4 Å². The largest absolute Gasteiger partial charge is 0.444 e. The maximum atomic E-state index is 15.1. The van der Waals surface area contributed by atoms with E-state index in [9.17, 15) is 14.4 Å². The average molecular weight is 489 g/mol. The van der Waals surface area contributed by atoms with Crippen molar-refractivity contribution in [3.63, 3.8) is 0 Å². The molecule has 1 aromatic heterocycles. The number of hydrogen-bond acceptors (Lipinski definition) is 7. The number of halogens is 2. The molecule has 35 heavy (non-hydrogen) atoms. The van der Waals surface area contributed by atoms with Gasteiger partial charge in [0.2, 0.25) is 0 Å². The number of cyclic esters (lactones) is 1. The summed E-state index contributed by atoms with van der Waals surface area (Å²) in [5, 5.41) is 3.77. The van der Waals surface area contributed by atoms with Crippen molar-refractivity contribution in [2.24, 2.45) is 0 Å². The van der Waals surface area contributed by atoms with Crippen LogP contribution in [0.25, 0.3) is 0 Å². The first kappa shape index (κ1) is 24.3. The number of nitrogens with zero attached hydrogens (tertiary/aromatic N) is 4. The minimum atomic E-state index is -0.852. The highest BCUT2D eigenvalue weighted by molar-refractivity contribution is 5.90. The summed E-state index contributed by atoms with van der Waals surface area (Å²) in [5.74, 6) is -1.74. The molecule has 2 aliphatic heterocycles. The molecular weight excluding hydrogens is 464 g/mol. The normalized spacial score (nSPS) is 18.3. The highest BCUT2D eigenvalue weighted by atomic mass is 19.1. The second-order valence-electron chi connectivity index (χ2n) is 8.20. The predicted molar refractivity (Wildman–Crippen MR) is 122 cm³/mol. The smallest absolute Gasteiger partial charge is 0.414 e. The van der Waals surface area contributed by atoms with Crippen LogP contribution in [0, 0.1) is 11.6 Å². The van der Waals surface area contributed by atoms with Gasteiger partial charge in [-0.15, -0.1) is 0 Å². The second-order valence-corrected chi connectivity index (χ2v) is 8.20. The number of amides is 3. The van der Waals surface area contributed by atoms with Gasteiger partial charge in [-0.3, -0.25) is 14.7 Å². The number of carbonyl (C=O) groups is 3. The first-order chi connectivity index (χ1) is 16.8. The number of anilines is 3. The predicted octanol–water partition coefficient (Wildman–Crippen LogP) is 3.34. The van der Waals surface area contributed by atoms with Gasteiger partial charge in [0.25, 0.3) is 0 Å². The SMILES string of the molecule is CC(=O)CC[C@H]1CN(c2cc(F)c(N3CCON(C(=O)Nc4ccncc4)CC3)c(F)c2)C(=O)O1. The Morgan fingerprint density at radius 2 is 1.86 bits per heavy atom. The number of urea groups is 1. The van der Waals surface area contributed by atoms with Crippen LogP contribution in [0.3, 0.4) is 0 Å².